The van der Waals surface area contributed by atoms with Crippen molar-refractivity contribution in [3.63, 3.8) is 0 Å². The van der Waals surface area contributed by atoms with E-state index in [0.717, 1.165) is 44.5 Å². The minimum absolute atomic E-state index is 0. The number of rotatable bonds is 24. The number of benzene rings is 4. The van der Waals surface area contributed by atoms with E-state index in [1.54, 1.807) is 0 Å². The normalized spacial score (nSPS) is 11.0. The van der Waals surface area contributed by atoms with Crippen LogP contribution in [0.15, 0.2) is 48.5 Å². The minimum atomic E-state index is 0. The Morgan fingerprint density at radius 1 is 0.272 bits per heavy atom. The van der Waals surface area contributed by atoms with Crippen molar-refractivity contribution in [1.82, 2.24) is 39.9 Å². The molecular formula is C64H48N8O8Zn. The van der Waals surface area contributed by atoms with Crippen LogP contribution in [0.3, 0.4) is 0 Å². The maximum Gasteiger partial charge on any atom is 2.00 e. The summed E-state index contributed by atoms with van der Waals surface area (Å²) in [6.45, 7) is 1.58. The molecule has 0 N–H and O–H groups in total. The number of terminal acetylenes is 8. The van der Waals surface area contributed by atoms with Gasteiger partial charge in [-0.25, -0.2) is 9.97 Å². The summed E-state index contributed by atoms with van der Waals surface area (Å²) in [5.74, 6) is 21.3. The first-order valence-electron chi connectivity index (χ1n) is 24.8. The first-order chi connectivity index (χ1) is 39.3. The quantitative estimate of drug-likeness (QED) is 0.0333. The maximum atomic E-state index is 5.90. The van der Waals surface area contributed by atoms with E-state index in [-0.39, 0.29) is 171 Å². The van der Waals surface area contributed by atoms with Gasteiger partial charge in [-0.3, -0.25) is 0 Å². The van der Waals surface area contributed by atoms with Crippen LogP contribution < -0.4 is 9.97 Å². The van der Waals surface area contributed by atoms with Gasteiger partial charge in [0.05, 0.1) is 76.2 Å². The summed E-state index contributed by atoms with van der Waals surface area (Å²) in [5.41, 5.74) is 9.49. The third kappa shape index (κ3) is 13.4. The van der Waals surface area contributed by atoms with E-state index in [2.05, 4.69) is 47.4 Å². The van der Waals surface area contributed by atoms with Gasteiger partial charge in [0, 0.05) is 44.8 Å². The largest absolute Gasteiger partial charge is 2.00 e. The molecule has 0 atom stereocenters. The molecule has 3 aromatic heterocycles. The first kappa shape index (κ1) is 58.2. The van der Waals surface area contributed by atoms with Gasteiger partial charge in [0.1, 0.15) is 52.9 Å². The molecule has 0 unspecified atom stereocenters. The maximum absolute atomic E-state index is 5.90. The fourth-order valence-corrected chi connectivity index (χ4v) is 9.04. The van der Waals surface area contributed by atoms with Crippen LogP contribution in [0.4, 0.5) is 0 Å². The molecule has 7 aromatic rings. The first-order valence-corrected chi connectivity index (χ1v) is 24.8. The minimum Gasteiger partial charge on any atom is -0.364 e. The van der Waals surface area contributed by atoms with E-state index in [1.807, 2.05) is 48.5 Å². The molecule has 2 aliphatic rings. The van der Waals surface area contributed by atoms with E-state index < -0.39 is 0 Å². The average Bonchev–Trinajstić information content (AvgIpc) is 4.28. The van der Waals surface area contributed by atoms with Crippen molar-refractivity contribution in [1.29, 1.82) is 0 Å². The van der Waals surface area contributed by atoms with Crippen LogP contribution >= 0.6 is 0 Å². The molecule has 394 valence electrons. The van der Waals surface area contributed by atoms with Gasteiger partial charge in [0.15, 0.2) is 0 Å². The Morgan fingerprint density at radius 3 is 0.617 bits per heavy atom. The molecule has 81 heavy (non-hydrogen) atoms. The van der Waals surface area contributed by atoms with Gasteiger partial charge in [0.25, 0.3) is 0 Å². The summed E-state index contributed by atoms with van der Waals surface area (Å²) in [7, 11) is 0. The molecule has 17 heteroatoms. The number of hydrogen-bond acceptors (Lipinski definition) is 14. The Kier molecular flexibility index (Phi) is 20.3. The Balaban J connectivity index is 0.00000860. The second-order valence-corrected chi connectivity index (χ2v) is 17.7. The van der Waals surface area contributed by atoms with Crippen LogP contribution in [0, 0.1) is 98.8 Å². The summed E-state index contributed by atoms with van der Waals surface area (Å²) >= 11 is 0. The van der Waals surface area contributed by atoms with Crippen molar-refractivity contribution in [2.75, 3.05) is 52.9 Å². The van der Waals surface area contributed by atoms with E-state index in [1.165, 1.54) is 0 Å². The van der Waals surface area contributed by atoms with Gasteiger partial charge in [-0.2, -0.15) is 0 Å². The van der Waals surface area contributed by atoms with Gasteiger partial charge in [-0.05, 0) is 115 Å². The summed E-state index contributed by atoms with van der Waals surface area (Å²) in [6.07, 6.45) is 44.9. The average molecular weight is 1120 g/mol. The Labute approximate surface area is 482 Å². The molecule has 0 spiro atoms. The van der Waals surface area contributed by atoms with Crippen LogP contribution in [0.25, 0.3) is 89.7 Å². The smallest absolute Gasteiger partial charge is 0.364 e. The van der Waals surface area contributed by atoms with Crippen molar-refractivity contribution < 1.29 is 57.4 Å². The fourth-order valence-electron chi connectivity index (χ4n) is 9.04. The topological polar surface area (TPSA) is 179 Å². The van der Waals surface area contributed by atoms with Crippen molar-refractivity contribution in [3.8, 4) is 144 Å². The van der Waals surface area contributed by atoms with Crippen LogP contribution in [-0.2, 0) is 110 Å². The van der Waals surface area contributed by atoms with E-state index >= 15 is 0 Å². The van der Waals surface area contributed by atoms with Crippen molar-refractivity contribution in [2.45, 2.75) is 52.9 Å². The number of aromatic nitrogens is 8. The summed E-state index contributed by atoms with van der Waals surface area (Å²) in [4.78, 5) is 41.7. The predicted molar refractivity (Wildman–Crippen MR) is 302 cm³/mol. The summed E-state index contributed by atoms with van der Waals surface area (Å²) < 4.78 is 47.2. The molecule has 0 amide bonds. The SMILES string of the molecule is C#CCOCc1cc2c(cc1COCC#C)-c1nc-2nc2[n-]c(nc3nc(nc4[n-]c(n1)c1cc(COCC#C)c(COCC#C)cc41)-c1cc(COCC#C)c(COCC#C)cc1-3)c1cc(COCC#C)c(COCC#C)cc21.[Zn+2]. The molecule has 5 heterocycles. The monoisotopic (exact) mass is 1120 g/mol. The van der Waals surface area contributed by atoms with Gasteiger partial charge >= 0.3 is 19.5 Å². The van der Waals surface area contributed by atoms with E-state index in [9.17, 15) is 0 Å². The number of nitrogens with zero attached hydrogens (tertiary/aromatic N) is 8. The predicted octanol–water partition coefficient (Wildman–Crippen LogP) is 7.32. The zero-order chi connectivity index (χ0) is 55.8. The molecular weight excluding hydrogens is 1070 g/mol. The van der Waals surface area contributed by atoms with Crippen LogP contribution in [-0.4, -0.2) is 82.8 Å². The molecule has 8 bridgehead atoms. The molecule has 16 nitrogen and oxygen atoms in total. The fraction of sp³-hybridized carbons (Fsp3) is 0.250. The van der Waals surface area contributed by atoms with Gasteiger partial charge < -0.3 is 67.8 Å². The zero-order valence-electron chi connectivity index (χ0n) is 44.1. The summed E-state index contributed by atoms with van der Waals surface area (Å²) in [5, 5.41) is 2.41. The van der Waals surface area contributed by atoms with Crippen molar-refractivity contribution in [2.24, 2.45) is 0 Å². The third-order valence-electron chi connectivity index (χ3n) is 12.5. The molecule has 0 fully saturated rings. The molecule has 2 aliphatic heterocycles. The van der Waals surface area contributed by atoms with Crippen LogP contribution in [0.1, 0.15) is 44.5 Å². The Hall–Kier alpha value is -8.98. The number of fused-ring (bicyclic) bond motifs is 20. The Morgan fingerprint density at radius 2 is 0.444 bits per heavy atom. The summed E-state index contributed by atoms with van der Waals surface area (Å²) in [6, 6.07) is 15.4. The molecule has 0 aliphatic carbocycles. The molecule has 0 saturated heterocycles. The second kappa shape index (κ2) is 28.3. The van der Waals surface area contributed by atoms with Gasteiger partial charge in [0.2, 0.25) is 0 Å². The molecule has 4 aromatic carbocycles. The molecule has 9 rings (SSSR count). The van der Waals surface area contributed by atoms with Crippen molar-refractivity contribution in [3.05, 3.63) is 93.0 Å². The number of ether oxygens (including phenoxy) is 8. The molecule has 0 saturated carbocycles. The van der Waals surface area contributed by atoms with E-state index in [0.29, 0.717) is 43.8 Å². The van der Waals surface area contributed by atoms with Gasteiger partial charge in [-0.15, -0.1) is 51.4 Å². The number of hydrogen-bond donors (Lipinski definition) is 0. The van der Waals surface area contributed by atoms with Gasteiger partial charge in [-0.1, -0.05) is 47.4 Å². The Bertz CT molecular complexity index is 3560. The zero-order valence-corrected chi connectivity index (χ0v) is 47.1. The van der Waals surface area contributed by atoms with Crippen LogP contribution in [0.5, 0.6) is 0 Å². The van der Waals surface area contributed by atoms with Crippen LogP contribution in [0.2, 0.25) is 0 Å². The second-order valence-electron chi connectivity index (χ2n) is 17.7. The standard InChI is InChI=1S/C64H48N8O8.Zn/c1-9-17-73-33-41-25-49-50(26-42(41)34-74-18-10-2)58-65-57(49)69-59-51-27-43(35-75-19-11-3)44(36-76-20-12-4)28-52(51)61(66-59)71-63-55-31-47(39-79-23-15-7)48(40-80-24-16-8)32-56(55)64(68-63)72-62-54-30-46(38-78-22-14-6)45(37-77-21-13-5)29-53(54)60(67-62)70-58;/h1-8,25-32H,17-24,33-40H2;/q-2;+2. The van der Waals surface area contributed by atoms with E-state index in [4.69, 9.17) is 129 Å². The third-order valence-corrected chi connectivity index (χ3v) is 12.5. The van der Waals surface area contributed by atoms with Crippen molar-refractivity contribution >= 4 is 44.1 Å². The molecule has 0 radical (unpaired) electrons.